The number of hydrogen-bond donors (Lipinski definition) is 2. The third-order valence-electron chi connectivity index (χ3n) is 4.99. The Morgan fingerprint density at radius 3 is 2.41 bits per heavy atom. The zero-order valence-corrected chi connectivity index (χ0v) is 16.4. The fourth-order valence-electron chi connectivity index (χ4n) is 3.45. The van der Waals surface area contributed by atoms with Crippen LogP contribution in [0.4, 0.5) is 0 Å². The fraction of sp³-hybridized carbons (Fsp3) is 0.318. The second-order valence-electron chi connectivity index (χ2n) is 7.07. The van der Waals surface area contributed by atoms with Crippen LogP contribution in [-0.2, 0) is 0 Å². The van der Waals surface area contributed by atoms with Crippen LogP contribution in [0, 0.1) is 0 Å². The van der Waals surface area contributed by atoms with Crippen LogP contribution in [0.3, 0.4) is 0 Å². The van der Waals surface area contributed by atoms with Crippen LogP contribution in [0.15, 0.2) is 60.7 Å². The zero-order chi connectivity index (χ0) is 19.9. The van der Waals surface area contributed by atoms with Crippen molar-refractivity contribution in [2.24, 2.45) is 0 Å². The van der Waals surface area contributed by atoms with Gasteiger partial charge in [0.1, 0.15) is 0 Å². The van der Waals surface area contributed by atoms with E-state index in [2.05, 4.69) is 25.6 Å². The standard InChI is InChI=1S/C22H26N6O/c29-22(24-12-7-15-27-16-13-23-14-17-27)20-25-21(18-8-3-1-4-9-18)28(26-20)19-10-5-2-6-11-19/h1-6,8-11,23H,7,12-17H2,(H,24,29). The summed E-state index contributed by atoms with van der Waals surface area (Å²) in [5.41, 5.74) is 1.79. The van der Waals surface area contributed by atoms with Crippen molar-refractivity contribution in [1.29, 1.82) is 0 Å². The van der Waals surface area contributed by atoms with Gasteiger partial charge in [0.25, 0.3) is 5.91 Å². The highest BCUT2D eigenvalue weighted by Gasteiger charge is 2.18. The minimum Gasteiger partial charge on any atom is -0.349 e. The van der Waals surface area contributed by atoms with Crippen molar-refractivity contribution >= 4 is 5.91 Å². The van der Waals surface area contributed by atoms with Gasteiger partial charge in [0, 0.05) is 38.3 Å². The summed E-state index contributed by atoms with van der Waals surface area (Å²) in [7, 11) is 0. The topological polar surface area (TPSA) is 75.1 Å². The summed E-state index contributed by atoms with van der Waals surface area (Å²) in [6, 6.07) is 19.6. The van der Waals surface area contributed by atoms with E-state index in [1.165, 1.54) is 0 Å². The molecule has 1 aromatic heterocycles. The van der Waals surface area contributed by atoms with E-state index < -0.39 is 0 Å². The third-order valence-corrected chi connectivity index (χ3v) is 4.99. The van der Waals surface area contributed by atoms with Crippen molar-refractivity contribution in [2.45, 2.75) is 6.42 Å². The largest absolute Gasteiger partial charge is 0.349 e. The molecule has 4 rings (SSSR count). The lowest BCUT2D eigenvalue weighted by Crippen LogP contribution is -2.44. The van der Waals surface area contributed by atoms with Crippen molar-refractivity contribution < 1.29 is 4.79 Å². The van der Waals surface area contributed by atoms with E-state index in [0.29, 0.717) is 12.4 Å². The van der Waals surface area contributed by atoms with E-state index >= 15 is 0 Å². The molecule has 2 N–H and O–H groups in total. The van der Waals surface area contributed by atoms with E-state index in [1.807, 2.05) is 60.7 Å². The van der Waals surface area contributed by atoms with E-state index in [4.69, 9.17) is 0 Å². The number of nitrogens with zero attached hydrogens (tertiary/aromatic N) is 4. The van der Waals surface area contributed by atoms with Crippen LogP contribution < -0.4 is 10.6 Å². The Balaban J connectivity index is 1.45. The van der Waals surface area contributed by atoms with Crippen molar-refractivity contribution in [3.05, 3.63) is 66.5 Å². The molecule has 1 amide bonds. The molecule has 0 atom stereocenters. The normalized spacial score (nSPS) is 14.6. The van der Waals surface area contributed by atoms with Crippen molar-refractivity contribution in [1.82, 2.24) is 30.3 Å². The zero-order valence-electron chi connectivity index (χ0n) is 16.4. The summed E-state index contributed by atoms with van der Waals surface area (Å²) in [6.45, 7) is 5.81. The van der Waals surface area contributed by atoms with E-state index in [-0.39, 0.29) is 11.7 Å². The van der Waals surface area contributed by atoms with E-state index in [1.54, 1.807) is 4.68 Å². The second-order valence-corrected chi connectivity index (χ2v) is 7.07. The molecule has 1 aliphatic rings. The highest BCUT2D eigenvalue weighted by molar-refractivity contribution is 5.91. The number of carbonyl (C=O) groups excluding carboxylic acids is 1. The van der Waals surface area contributed by atoms with Gasteiger partial charge in [-0.15, -0.1) is 5.10 Å². The second kappa shape index (κ2) is 9.45. The summed E-state index contributed by atoms with van der Waals surface area (Å²) in [6.07, 6.45) is 0.913. The molecule has 1 fully saturated rings. The van der Waals surface area contributed by atoms with Crippen LogP contribution in [0.1, 0.15) is 17.0 Å². The summed E-state index contributed by atoms with van der Waals surface area (Å²) in [5.74, 6) is 0.606. The highest BCUT2D eigenvalue weighted by Crippen LogP contribution is 2.20. The summed E-state index contributed by atoms with van der Waals surface area (Å²) < 4.78 is 1.73. The molecule has 150 valence electrons. The Kier molecular flexibility index (Phi) is 6.29. The lowest BCUT2D eigenvalue weighted by Gasteiger charge is -2.26. The first-order chi connectivity index (χ1) is 14.3. The van der Waals surface area contributed by atoms with Crippen molar-refractivity contribution in [3.63, 3.8) is 0 Å². The number of rotatable bonds is 7. The molecule has 29 heavy (non-hydrogen) atoms. The van der Waals surface area contributed by atoms with E-state index in [0.717, 1.165) is 50.4 Å². The number of carbonyl (C=O) groups is 1. The van der Waals surface area contributed by atoms with Crippen molar-refractivity contribution in [2.75, 3.05) is 39.3 Å². The number of benzene rings is 2. The first-order valence-corrected chi connectivity index (χ1v) is 10.1. The summed E-state index contributed by atoms with van der Waals surface area (Å²) in [4.78, 5) is 19.6. The van der Waals surface area contributed by atoms with Crippen LogP contribution >= 0.6 is 0 Å². The number of piperazine rings is 1. The quantitative estimate of drug-likeness (QED) is 0.603. The Morgan fingerprint density at radius 2 is 1.69 bits per heavy atom. The predicted molar refractivity (Wildman–Crippen MR) is 113 cm³/mol. The van der Waals surface area contributed by atoms with Gasteiger partial charge in [-0.3, -0.25) is 4.79 Å². The number of amides is 1. The first kappa shape index (κ1) is 19.3. The van der Waals surface area contributed by atoms with Gasteiger partial charge in [0.2, 0.25) is 5.82 Å². The average Bonchev–Trinajstić information content (AvgIpc) is 3.24. The molecule has 7 heteroatoms. The lowest BCUT2D eigenvalue weighted by molar-refractivity contribution is 0.0941. The minimum absolute atomic E-state index is 0.190. The number of nitrogens with one attached hydrogen (secondary N) is 2. The molecule has 7 nitrogen and oxygen atoms in total. The fourth-order valence-corrected chi connectivity index (χ4v) is 3.45. The number of aromatic nitrogens is 3. The number of hydrogen-bond acceptors (Lipinski definition) is 5. The molecule has 1 aliphatic heterocycles. The summed E-state index contributed by atoms with van der Waals surface area (Å²) in [5, 5.41) is 10.8. The molecule has 0 saturated carbocycles. The van der Waals surface area contributed by atoms with Gasteiger partial charge in [0.15, 0.2) is 5.82 Å². The molecule has 0 radical (unpaired) electrons. The first-order valence-electron chi connectivity index (χ1n) is 10.1. The Hall–Kier alpha value is -3.03. The maximum Gasteiger partial charge on any atom is 0.290 e. The van der Waals surface area contributed by atoms with Gasteiger partial charge in [-0.1, -0.05) is 48.5 Å². The van der Waals surface area contributed by atoms with Gasteiger partial charge in [-0.25, -0.2) is 9.67 Å². The maximum absolute atomic E-state index is 12.7. The highest BCUT2D eigenvalue weighted by atomic mass is 16.2. The van der Waals surface area contributed by atoms with Crippen LogP contribution in [0.2, 0.25) is 0 Å². The predicted octanol–water partition coefficient (Wildman–Crippen LogP) is 1.96. The molecular weight excluding hydrogens is 364 g/mol. The average molecular weight is 390 g/mol. The molecule has 0 aliphatic carbocycles. The Morgan fingerprint density at radius 1 is 1.00 bits per heavy atom. The molecule has 2 heterocycles. The van der Waals surface area contributed by atoms with Gasteiger partial charge in [-0.2, -0.15) is 0 Å². The lowest BCUT2D eigenvalue weighted by atomic mass is 10.2. The van der Waals surface area contributed by atoms with Gasteiger partial charge in [0.05, 0.1) is 5.69 Å². The maximum atomic E-state index is 12.7. The third kappa shape index (κ3) is 4.88. The molecule has 0 spiro atoms. The molecule has 0 bridgehead atoms. The Bertz CT molecular complexity index is 862. The van der Waals surface area contributed by atoms with Crippen LogP contribution in [0.5, 0.6) is 0 Å². The van der Waals surface area contributed by atoms with Gasteiger partial charge >= 0.3 is 0 Å². The van der Waals surface area contributed by atoms with Crippen LogP contribution in [-0.4, -0.2) is 64.8 Å². The number of para-hydroxylation sites is 1. The molecule has 3 aromatic rings. The molecule has 0 unspecified atom stereocenters. The summed E-state index contributed by atoms with van der Waals surface area (Å²) >= 11 is 0. The van der Waals surface area contributed by atoms with Crippen LogP contribution in [0.25, 0.3) is 17.1 Å². The van der Waals surface area contributed by atoms with Gasteiger partial charge < -0.3 is 15.5 Å². The van der Waals surface area contributed by atoms with Crippen molar-refractivity contribution in [3.8, 4) is 17.1 Å². The Labute approximate surface area is 170 Å². The SMILES string of the molecule is O=C(NCCCN1CCNCC1)c1nc(-c2ccccc2)n(-c2ccccc2)n1. The molecular formula is C22H26N6O. The minimum atomic E-state index is -0.239. The van der Waals surface area contributed by atoms with Gasteiger partial charge in [-0.05, 0) is 25.1 Å². The smallest absolute Gasteiger partial charge is 0.290 e. The molecule has 1 saturated heterocycles. The molecule has 2 aromatic carbocycles. The monoisotopic (exact) mass is 390 g/mol. The van der Waals surface area contributed by atoms with E-state index in [9.17, 15) is 4.79 Å².